The summed E-state index contributed by atoms with van der Waals surface area (Å²) in [7, 11) is 0. The number of carbonyl (C=O) groups excluding carboxylic acids is 1. The van der Waals surface area contributed by atoms with Crippen molar-refractivity contribution >= 4 is 44.7 Å². The Balaban J connectivity index is 1.60. The van der Waals surface area contributed by atoms with E-state index >= 15 is 0 Å². The van der Waals surface area contributed by atoms with E-state index in [0.717, 1.165) is 20.8 Å². The van der Waals surface area contributed by atoms with E-state index in [0.29, 0.717) is 16.5 Å². The molecule has 0 saturated heterocycles. The number of aryl methyl sites for hydroxylation is 1. The summed E-state index contributed by atoms with van der Waals surface area (Å²) in [6.07, 6.45) is 0. The van der Waals surface area contributed by atoms with Gasteiger partial charge in [0.25, 0.3) is 5.91 Å². The van der Waals surface area contributed by atoms with E-state index in [1.165, 1.54) is 11.3 Å². The molecule has 0 atom stereocenters. The molecule has 25 heavy (non-hydrogen) atoms. The van der Waals surface area contributed by atoms with Crippen LogP contribution in [-0.4, -0.2) is 10.9 Å². The minimum Gasteiger partial charge on any atom is -0.448 e. The standard InChI is InChI=1S/C19H13ClN2O2S/c1-11-6-7-12(20)10-14(11)21-18(23)15-8-9-16(24-15)19-22-13-4-2-3-5-17(13)25-19/h2-10H,1H3,(H,21,23). The molecule has 0 aliphatic heterocycles. The molecule has 1 amide bonds. The van der Waals surface area contributed by atoms with Gasteiger partial charge in [-0.3, -0.25) is 4.79 Å². The van der Waals surface area contributed by atoms with Gasteiger partial charge >= 0.3 is 0 Å². The van der Waals surface area contributed by atoms with Gasteiger partial charge in [0.1, 0.15) is 0 Å². The highest BCUT2D eigenvalue weighted by Gasteiger charge is 2.16. The monoisotopic (exact) mass is 368 g/mol. The van der Waals surface area contributed by atoms with Crippen LogP contribution < -0.4 is 5.32 Å². The molecular weight excluding hydrogens is 356 g/mol. The number of furan rings is 1. The number of benzene rings is 2. The van der Waals surface area contributed by atoms with Crippen molar-refractivity contribution in [1.29, 1.82) is 0 Å². The Morgan fingerprint density at radius 3 is 2.84 bits per heavy atom. The molecule has 0 spiro atoms. The number of hydrogen-bond acceptors (Lipinski definition) is 4. The summed E-state index contributed by atoms with van der Waals surface area (Å²) in [6, 6.07) is 16.6. The summed E-state index contributed by atoms with van der Waals surface area (Å²) in [5, 5.41) is 4.14. The third kappa shape index (κ3) is 3.16. The van der Waals surface area contributed by atoms with E-state index in [2.05, 4.69) is 10.3 Å². The quantitative estimate of drug-likeness (QED) is 0.499. The molecule has 6 heteroatoms. The summed E-state index contributed by atoms with van der Waals surface area (Å²) >= 11 is 7.52. The number of carbonyl (C=O) groups is 1. The largest absolute Gasteiger partial charge is 0.448 e. The van der Waals surface area contributed by atoms with Crippen LogP contribution in [0.5, 0.6) is 0 Å². The zero-order chi connectivity index (χ0) is 17.4. The van der Waals surface area contributed by atoms with E-state index < -0.39 is 0 Å². The molecule has 124 valence electrons. The Morgan fingerprint density at radius 2 is 2.00 bits per heavy atom. The van der Waals surface area contributed by atoms with Crippen molar-refractivity contribution in [2.24, 2.45) is 0 Å². The van der Waals surface area contributed by atoms with Crippen molar-refractivity contribution in [1.82, 2.24) is 4.98 Å². The molecule has 1 N–H and O–H groups in total. The van der Waals surface area contributed by atoms with Crippen LogP contribution >= 0.6 is 22.9 Å². The van der Waals surface area contributed by atoms with Gasteiger partial charge in [-0.2, -0.15) is 0 Å². The van der Waals surface area contributed by atoms with E-state index in [9.17, 15) is 4.79 Å². The minimum atomic E-state index is -0.322. The van der Waals surface area contributed by atoms with Crippen LogP contribution in [0.4, 0.5) is 5.69 Å². The van der Waals surface area contributed by atoms with E-state index in [4.69, 9.17) is 16.0 Å². The van der Waals surface area contributed by atoms with Gasteiger partial charge in [0.15, 0.2) is 16.5 Å². The summed E-state index contributed by atoms with van der Waals surface area (Å²) in [5.41, 5.74) is 2.51. The fourth-order valence-corrected chi connectivity index (χ4v) is 3.56. The summed E-state index contributed by atoms with van der Waals surface area (Å²) in [6.45, 7) is 1.90. The number of aromatic nitrogens is 1. The van der Waals surface area contributed by atoms with E-state index in [1.807, 2.05) is 37.3 Å². The van der Waals surface area contributed by atoms with Crippen molar-refractivity contribution < 1.29 is 9.21 Å². The number of anilines is 1. The van der Waals surface area contributed by atoms with Crippen molar-refractivity contribution in [3.05, 3.63) is 70.9 Å². The van der Waals surface area contributed by atoms with Crippen LogP contribution in [-0.2, 0) is 0 Å². The summed E-state index contributed by atoms with van der Waals surface area (Å²) < 4.78 is 6.78. The Bertz CT molecular complexity index is 1050. The predicted molar refractivity (Wildman–Crippen MR) is 101 cm³/mol. The van der Waals surface area contributed by atoms with Crippen LogP contribution in [0.25, 0.3) is 21.0 Å². The lowest BCUT2D eigenvalue weighted by molar-refractivity contribution is 0.0997. The Labute approximate surface area is 153 Å². The Morgan fingerprint density at radius 1 is 1.16 bits per heavy atom. The minimum absolute atomic E-state index is 0.230. The van der Waals surface area contributed by atoms with Crippen molar-refractivity contribution in [2.45, 2.75) is 6.92 Å². The van der Waals surface area contributed by atoms with Crippen molar-refractivity contribution in [3.63, 3.8) is 0 Å². The second-order valence-corrected chi connectivity index (χ2v) is 7.03. The molecule has 0 unspecified atom stereocenters. The van der Waals surface area contributed by atoms with E-state index in [1.54, 1.807) is 24.3 Å². The lowest BCUT2D eigenvalue weighted by Crippen LogP contribution is -2.11. The van der Waals surface area contributed by atoms with Gasteiger partial charge in [-0.15, -0.1) is 11.3 Å². The number of hydrogen-bond donors (Lipinski definition) is 1. The third-order valence-electron chi connectivity index (χ3n) is 3.78. The first kappa shape index (κ1) is 15.9. The maximum atomic E-state index is 12.4. The molecule has 2 aromatic heterocycles. The van der Waals surface area contributed by atoms with Crippen molar-refractivity contribution in [2.75, 3.05) is 5.32 Å². The molecule has 4 rings (SSSR count). The first-order valence-corrected chi connectivity index (χ1v) is 8.83. The summed E-state index contributed by atoms with van der Waals surface area (Å²) in [4.78, 5) is 17.0. The molecule has 4 aromatic rings. The number of nitrogens with one attached hydrogen (secondary N) is 1. The molecular formula is C19H13ClN2O2S. The van der Waals surface area contributed by atoms with Gasteiger partial charge in [0.2, 0.25) is 0 Å². The average molecular weight is 369 g/mol. The molecule has 4 nitrogen and oxygen atoms in total. The van der Waals surface area contributed by atoms with Gasteiger partial charge in [-0.05, 0) is 48.9 Å². The molecule has 0 aliphatic carbocycles. The number of thiazole rings is 1. The first-order valence-electron chi connectivity index (χ1n) is 7.63. The smallest absolute Gasteiger partial charge is 0.291 e. The molecule has 0 saturated carbocycles. The maximum Gasteiger partial charge on any atom is 0.291 e. The van der Waals surface area contributed by atoms with Gasteiger partial charge in [-0.1, -0.05) is 29.8 Å². The number of rotatable bonds is 3. The van der Waals surface area contributed by atoms with Crippen LogP contribution in [0.3, 0.4) is 0 Å². The number of halogens is 1. The topological polar surface area (TPSA) is 55.1 Å². The van der Waals surface area contributed by atoms with Crippen molar-refractivity contribution in [3.8, 4) is 10.8 Å². The van der Waals surface area contributed by atoms with E-state index in [-0.39, 0.29) is 11.7 Å². The second-order valence-electron chi connectivity index (χ2n) is 5.56. The fourth-order valence-electron chi connectivity index (χ4n) is 2.47. The third-order valence-corrected chi connectivity index (χ3v) is 5.07. The maximum absolute atomic E-state index is 12.4. The number of amides is 1. The Hall–Kier alpha value is -2.63. The molecule has 2 heterocycles. The number of para-hydroxylation sites is 1. The highest BCUT2D eigenvalue weighted by Crippen LogP contribution is 2.31. The normalized spacial score (nSPS) is 11.0. The average Bonchev–Trinajstić information content (AvgIpc) is 3.24. The van der Waals surface area contributed by atoms with Crippen LogP contribution in [0.2, 0.25) is 5.02 Å². The second kappa shape index (κ2) is 6.35. The van der Waals surface area contributed by atoms with Crippen LogP contribution in [0.1, 0.15) is 16.1 Å². The molecule has 2 aromatic carbocycles. The molecule has 0 radical (unpaired) electrons. The highest BCUT2D eigenvalue weighted by atomic mass is 35.5. The molecule has 0 aliphatic rings. The highest BCUT2D eigenvalue weighted by molar-refractivity contribution is 7.21. The van der Waals surface area contributed by atoms with Crippen LogP contribution in [0.15, 0.2) is 59.0 Å². The fraction of sp³-hybridized carbons (Fsp3) is 0.0526. The lowest BCUT2D eigenvalue weighted by atomic mass is 10.2. The predicted octanol–water partition coefficient (Wildman–Crippen LogP) is 5.77. The number of nitrogens with zero attached hydrogens (tertiary/aromatic N) is 1. The van der Waals surface area contributed by atoms with Crippen LogP contribution in [0, 0.1) is 6.92 Å². The Kier molecular flexibility index (Phi) is 4.03. The lowest BCUT2D eigenvalue weighted by Gasteiger charge is -2.07. The summed E-state index contributed by atoms with van der Waals surface area (Å²) in [5.74, 6) is 0.487. The van der Waals surface area contributed by atoms with Gasteiger partial charge in [0, 0.05) is 10.7 Å². The zero-order valence-electron chi connectivity index (χ0n) is 13.2. The zero-order valence-corrected chi connectivity index (χ0v) is 14.8. The molecule has 0 bridgehead atoms. The van der Waals surface area contributed by atoms with Gasteiger partial charge in [0.05, 0.1) is 10.2 Å². The first-order chi connectivity index (χ1) is 12.1. The molecule has 0 fully saturated rings. The number of fused-ring (bicyclic) bond motifs is 1. The SMILES string of the molecule is Cc1ccc(Cl)cc1NC(=O)c1ccc(-c2nc3ccccc3s2)o1. The van der Waals surface area contributed by atoms with Gasteiger partial charge < -0.3 is 9.73 Å². The van der Waals surface area contributed by atoms with Gasteiger partial charge in [-0.25, -0.2) is 4.98 Å².